The van der Waals surface area contributed by atoms with Gasteiger partial charge in [0.15, 0.2) is 12.4 Å². The van der Waals surface area contributed by atoms with Crippen LogP contribution in [-0.2, 0) is 11.3 Å². The first-order valence-electron chi connectivity index (χ1n) is 6.49. The van der Waals surface area contributed by atoms with Crippen molar-refractivity contribution in [2.24, 2.45) is 0 Å². The molecule has 0 atom stereocenters. The number of esters is 1. The van der Waals surface area contributed by atoms with Crippen molar-refractivity contribution in [2.75, 3.05) is 0 Å². The summed E-state index contributed by atoms with van der Waals surface area (Å²) in [6, 6.07) is 6.83. The maximum absolute atomic E-state index is 12.2. The molecule has 112 valence electrons. The number of nitrogens with zero attached hydrogens (tertiary/aromatic N) is 4. The second kappa shape index (κ2) is 5.76. The fraction of sp³-hybridized carbons (Fsp3) is 0.214. The lowest BCUT2D eigenvalue weighted by molar-refractivity contribution is 0.0460. The van der Waals surface area contributed by atoms with E-state index in [-0.39, 0.29) is 12.5 Å². The molecule has 0 fully saturated rings. The van der Waals surface area contributed by atoms with Gasteiger partial charge in [-0.05, 0) is 19.1 Å². The van der Waals surface area contributed by atoms with E-state index in [0.717, 1.165) is 0 Å². The van der Waals surface area contributed by atoms with Crippen molar-refractivity contribution in [3.63, 3.8) is 0 Å². The highest BCUT2D eigenvalue weighted by molar-refractivity contribution is 5.96. The molecule has 0 amide bonds. The summed E-state index contributed by atoms with van der Waals surface area (Å²) in [5.41, 5.74) is 0.837. The standard InChI is InChI=1S/C14H12N4O4/c1-8-15-13(22-17-8)10-5-3-4-6-11(10)14(19)20-7-12-16-9(2)21-18-12/h3-6H,7H2,1-2H3. The Morgan fingerprint density at radius 2 is 1.95 bits per heavy atom. The fourth-order valence-corrected chi connectivity index (χ4v) is 1.86. The molecule has 0 radical (unpaired) electrons. The van der Waals surface area contributed by atoms with Crippen molar-refractivity contribution >= 4 is 5.97 Å². The molecule has 2 heterocycles. The molecule has 0 saturated carbocycles. The largest absolute Gasteiger partial charge is 0.454 e. The molecule has 3 rings (SSSR count). The SMILES string of the molecule is Cc1noc(-c2ccccc2C(=O)OCc2noc(C)n2)n1. The molecule has 3 aromatic rings. The second-order valence-electron chi connectivity index (χ2n) is 4.50. The van der Waals surface area contributed by atoms with Crippen LogP contribution in [0.4, 0.5) is 0 Å². The molecule has 2 aromatic heterocycles. The highest BCUT2D eigenvalue weighted by Crippen LogP contribution is 2.22. The summed E-state index contributed by atoms with van der Waals surface area (Å²) >= 11 is 0. The molecule has 8 heteroatoms. The fourth-order valence-electron chi connectivity index (χ4n) is 1.86. The van der Waals surface area contributed by atoms with Gasteiger partial charge in [0, 0.05) is 6.92 Å². The van der Waals surface area contributed by atoms with E-state index in [4.69, 9.17) is 13.8 Å². The Hall–Kier alpha value is -3.03. The molecular formula is C14H12N4O4. The van der Waals surface area contributed by atoms with Crippen molar-refractivity contribution < 1.29 is 18.6 Å². The van der Waals surface area contributed by atoms with Crippen LogP contribution in [0.1, 0.15) is 27.9 Å². The van der Waals surface area contributed by atoms with Crippen molar-refractivity contribution in [3.8, 4) is 11.5 Å². The predicted molar refractivity (Wildman–Crippen MR) is 72.6 cm³/mol. The van der Waals surface area contributed by atoms with Crippen molar-refractivity contribution in [2.45, 2.75) is 20.5 Å². The number of hydrogen-bond donors (Lipinski definition) is 0. The van der Waals surface area contributed by atoms with Crippen LogP contribution in [0.15, 0.2) is 33.3 Å². The minimum absolute atomic E-state index is 0.0760. The number of aromatic nitrogens is 4. The van der Waals surface area contributed by atoms with Gasteiger partial charge in [0.25, 0.3) is 5.89 Å². The van der Waals surface area contributed by atoms with Crippen LogP contribution >= 0.6 is 0 Å². The molecule has 0 aliphatic heterocycles. The van der Waals surface area contributed by atoms with Crippen LogP contribution < -0.4 is 0 Å². The predicted octanol–water partition coefficient (Wildman–Crippen LogP) is 2.09. The Kier molecular flexibility index (Phi) is 3.65. The molecule has 0 unspecified atom stereocenters. The van der Waals surface area contributed by atoms with Gasteiger partial charge in [0.05, 0.1) is 11.1 Å². The zero-order chi connectivity index (χ0) is 15.5. The summed E-state index contributed by atoms with van der Waals surface area (Å²) in [7, 11) is 0. The molecule has 0 aliphatic carbocycles. The van der Waals surface area contributed by atoms with Gasteiger partial charge in [-0.3, -0.25) is 0 Å². The van der Waals surface area contributed by atoms with Crippen molar-refractivity contribution in [1.82, 2.24) is 20.3 Å². The van der Waals surface area contributed by atoms with Crippen LogP contribution in [-0.4, -0.2) is 26.3 Å². The topological polar surface area (TPSA) is 104 Å². The van der Waals surface area contributed by atoms with Gasteiger partial charge in [-0.15, -0.1) is 0 Å². The lowest BCUT2D eigenvalue weighted by Gasteiger charge is -2.05. The molecule has 8 nitrogen and oxygen atoms in total. The summed E-state index contributed by atoms with van der Waals surface area (Å²) in [5.74, 6) is 0.930. The number of benzene rings is 1. The number of rotatable bonds is 4. The first-order chi connectivity index (χ1) is 10.6. The molecule has 1 aromatic carbocycles. The zero-order valence-electron chi connectivity index (χ0n) is 11.9. The van der Waals surface area contributed by atoms with E-state index in [1.165, 1.54) is 0 Å². The van der Waals surface area contributed by atoms with Gasteiger partial charge < -0.3 is 13.8 Å². The minimum Gasteiger partial charge on any atom is -0.454 e. The van der Waals surface area contributed by atoms with E-state index in [1.807, 2.05) is 0 Å². The van der Waals surface area contributed by atoms with E-state index in [9.17, 15) is 4.79 Å². The Balaban J connectivity index is 1.80. The summed E-state index contributed by atoms with van der Waals surface area (Å²) in [5, 5.41) is 7.38. The smallest absolute Gasteiger partial charge is 0.339 e. The molecule has 0 bridgehead atoms. The maximum atomic E-state index is 12.2. The average molecular weight is 300 g/mol. The van der Waals surface area contributed by atoms with Gasteiger partial charge in [0.1, 0.15) is 0 Å². The van der Waals surface area contributed by atoms with Gasteiger partial charge in [0.2, 0.25) is 11.7 Å². The van der Waals surface area contributed by atoms with Crippen LogP contribution in [0.5, 0.6) is 0 Å². The van der Waals surface area contributed by atoms with Gasteiger partial charge in [-0.1, -0.05) is 22.4 Å². The van der Waals surface area contributed by atoms with Crippen LogP contribution in [0, 0.1) is 13.8 Å². The van der Waals surface area contributed by atoms with Crippen LogP contribution in [0.25, 0.3) is 11.5 Å². The van der Waals surface area contributed by atoms with Gasteiger partial charge >= 0.3 is 5.97 Å². The zero-order valence-corrected chi connectivity index (χ0v) is 11.9. The van der Waals surface area contributed by atoms with E-state index >= 15 is 0 Å². The Bertz CT molecular complexity index is 809. The van der Waals surface area contributed by atoms with E-state index in [0.29, 0.717) is 28.7 Å². The first kappa shape index (κ1) is 13.9. The number of carbonyl (C=O) groups is 1. The molecule has 0 aliphatic rings. The first-order valence-corrected chi connectivity index (χ1v) is 6.49. The quantitative estimate of drug-likeness (QED) is 0.674. The highest BCUT2D eigenvalue weighted by Gasteiger charge is 2.18. The number of aryl methyl sites for hydroxylation is 2. The van der Waals surface area contributed by atoms with Gasteiger partial charge in [-0.25, -0.2) is 4.79 Å². The summed E-state index contributed by atoms with van der Waals surface area (Å²) < 4.78 is 15.1. The average Bonchev–Trinajstić information content (AvgIpc) is 3.13. The molecular weight excluding hydrogens is 288 g/mol. The summed E-state index contributed by atoms with van der Waals surface area (Å²) in [6.45, 7) is 3.28. The Morgan fingerprint density at radius 1 is 1.14 bits per heavy atom. The number of hydrogen-bond acceptors (Lipinski definition) is 8. The van der Waals surface area contributed by atoms with Crippen molar-refractivity contribution in [1.29, 1.82) is 0 Å². The minimum atomic E-state index is -0.533. The lowest BCUT2D eigenvalue weighted by atomic mass is 10.1. The maximum Gasteiger partial charge on any atom is 0.339 e. The molecule has 0 N–H and O–H groups in total. The third-order valence-corrected chi connectivity index (χ3v) is 2.81. The third kappa shape index (κ3) is 2.85. The monoisotopic (exact) mass is 300 g/mol. The highest BCUT2D eigenvalue weighted by atomic mass is 16.5. The normalized spacial score (nSPS) is 10.6. The molecule has 0 spiro atoms. The lowest BCUT2D eigenvalue weighted by Crippen LogP contribution is -2.07. The number of carbonyl (C=O) groups excluding carboxylic acids is 1. The van der Waals surface area contributed by atoms with Crippen molar-refractivity contribution in [3.05, 3.63) is 47.4 Å². The van der Waals surface area contributed by atoms with Gasteiger partial charge in [-0.2, -0.15) is 9.97 Å². The second-order valence-corrected chi connectivity index (χ2v) is 4.50. The summed E-state index contributed by atoms with van der Waals surface area (Å²) in [6.07, 6.45) is 0. The van der Waals surface area contributed by atoms with E-state index in [2.05, 4.69) is 20.3 Å². The van der Waals surface area contributed by atoms with Crippen LogP contribution in [0.2, 0.25) is 0 Å². The number of ether oxygens (including phenoxy) is 1. The Morgan fingerprint density at radius 3 is 2.64 bits per heavy atom. The third-order valence-electron chi connectivity index (χ3n) is 2.81. The van der Waals surface area contributed by atoms with Crippen LogP contribution in [0.3, 0.4) is 0 Å². The van der Waals surface area contributed by atoms with E-state index < -0.39 is 5.97 Å². The Labute approximate surface area is 125 Å². The molecule has 0 saturated heterocycles. The molecule has 22 heavy (non-hydrogen) atoms. The van der Waals surface area contributed by atoms with E-state index in [1.54, 1.807) is 38.1 Å². The summed E-state index contributed by atoms with van der Waals surface area (Å²) in [4.78, 5) is 20.3.